The molecule has 0 aliphatic carbocycles. The summed E-state index contributed by atoms with van der Waals surface area (Å²) in [6, 6.07) is 6.79. The summed E-state index contributed by atoms with van der Waals surface area (Å²) in [6.45, 7) is 7.79. The van der Waals surface area contributed by atoms with Gasteiger partial charge in [0.1, 0.15) is 5.75 Å². The van der Waals surface area contributed by atoms with Crippen LogP contribution in [-0.4, -0.2) is 18.6 Å². The Bertz CT molecular complexity index is 725. The van der Waals surface area contributed by atoms with E-state index in [9.17, 15) is 0 Å². The van der Waals surface area contributed by atoms with E-state index in [1.807, 2.05) is 6.07 Å². The molecule has 1 aliphatic heterocycles. The lowest BCUT2D eigenvalue weighted by Crippen LogP contribution is -2.30. The maximum Gasteiger partial charge on any atom is 0.119 e. The van der Waals surface area contributed by atoms with Crippen molar-refractivity contribution in [3.05, 3.63) is 41.1 Å². The second-order valence-electron chi connectivity index (χ2n) is 7.39. The molecule has 1 aliphatic rings. The van der Waals surface area contributed by atoms with Crippen molar-refractivity contribution in [2.45, 2.75) is 52.5 Å². The lowest BCUT2D eigenvalue weighted by atomic mass is 9.90. The van der Waals surface area contributed by atoms with Gasteiger partial charge in [0.25, 0.3) is 0 Å². The van der Waals surface area contributed by atoms with E-state index in [4.69, 9.17) is 4.74 Å². The number of methoxy groups -OCH3 is 1. The average molecular weight is 326 g/mol. The van der Waals surface area contributed by atoms with Crippen LogP contribution in [0.5, 0.6) is 5.75 Å². The number of rotatable bonds is 6. The van der Waals surface area contributed by atoms with Gasteiger partial charge in [0, 0.05) is 22.6 Å². The third kappa shape index (κ3) is 3.67. The predicted molar refractivity (Wildman–Crippen MR) is 102 cm³/mol. The highest BCUT2D eigenvalue weighted by atomic mass is 16.5. The summed E-state index contributed by atoms with van der Waals surface area (Å²) in [4.78, 5) is 3.67. The molecule has 2 heterocycles. The van der Waals surface area contributed by atoms with Gasteiger partial charge in [-0.1, -0.05) is 18.6 Å². The van der Waals surface area contributed by atoms with E-state index < -0.39 is 0 Å². The molecule has 2 atom stereocenters. The average Bonchev–Trinajstić information content (AvgIpc) is 2.93. The van der Waals surface area contributed by atoms with Crippen molar-refractivity contribution in [3.8, 4) is 5.75 Å². The zero-order chi connectivity index (χ0) is 17.1. The van der Waals surface area contributed by atoms with Crippen molar-refractivity contribution < 1.29 is 4.74 Å². The Labute approximate surface area is 145 Å². The van der Waals surface area contributed by atoms with Gasteiger partial charge in [-0.3, -0.25) is 0 Å². The number of hydrogen-bond donors (Lipinski definition) is 2. The highest BCUT2D eigenvalue weighted by Crippen LogP contribution is 2.35. The van der Waals surface area contributed by atoms with Crippen molar-refractivity contribution in [2.75, 3.05) is 13.7 Å². The number of fused-ring (bicyclic) bond motifs is 3. The number of H-pyrrole nitrogens is 1. The summed E-state index contributed by atoms with van der Waals surface area (Å²) >= 11 is 0. The zero-order valence-electron chi connectivity index (χ0n) is 15.4. The van der Waals surface area contributed by atoms with Crippen LogP contribution >= 0.6 is 0 Å². The standard InChI is InChI=1S/C21H30N2O/c1-14(2)6-5-7-15(3)12-20-21-17(10-11-22-20)18-13-16(24-4)8-9-19(18)23-21/h6,8-9,13,15,20,22-23H,5,7,10-12H2,1-4H3/t15-,20+/m0/s1. The van der Waals surface area contributed by atoms with Gasteiger partial charge in [-0.25, -0.2) is 0 Å². The molecule has 3 nitrogen and oxygen atoms in total. The number of hydrogen-bond acceptors (Lipinski definition) is 2. The molecule has 130 valence electrons. The lowest BCUT2D eigenvalue weighted by Gasteiger charge is -2.27. The first kappa shape index (κ1) is 17.1. The molecule has 3 heteroatoms. The van der Waals surface area contributed by atoms with E-state index in [1.165, 1.54) is 47.0 Å². The molecule has 2 N–H and O–H groups in total. The van der Waals surface area contributed by atoms with Crippen LogP contribution in [0, 0.1) is 5.92 Å². The molecule has 0 unspecified atom stereocenters. The smallest absolute Gasteiger partial charge is 0.119 e. The van der Waals surface area contributed by atoms with Gasteiger partial charge in [0.15, 0.2) is 0 Å². The number of allylic oxidation sites excluding steroid dienone is 2. The molecule has 0 radical (unpaired) electrons. The molecule has 0 bridgehead atoms. The fraction of sp³-hybridized carbons (Fsp3) is 0.524. The summed E-state index contributed by atoms with van der Waals surface area (Å²) < 4.78 is 5.40. The van der Waals surface area contributed by atoms with Crippen molar-refractivity contribution in [1.82, 2.24) is 10.3 Å². The van der Waals surface area contributed by atoms with Crippen molar-refractivity contribution >= 4 is 10.9 Å². The Balaban J connectivity index is 1.77. The van der Waals surface area contributed by atoms with Gasteiger partial charge in [0.2, 0.25) is 0 Å². The van der Waals surface area contributed by atoms with Gasteiger partial charge >= 0.3 is 0 Å². The van der Waals surface area contributed by atoms with Crippen LogP contribution < -0.4 is 10.1 Å². The third-order valence-corrected chi connectivity index (χ3v) is 5.11. The fourth-order valence-corrected chi connectivity index (χ4v) is 3.79. The summed E-state index contributed by atoms with van der Waals surface area (Å²) in [7, 11) is 1.73. The first-order chi connectivity index (χ1) is 11.6. The Morgan fingerprint density at radius 1 is 1.38 bits per heavy atom. The van der Waals surface area contributed by atoms with Crippen LogP contribution in [-0.2, 0) is 6.42 Å². The van der Waals surface area contributed by atoms with Gasteiger partial charge in [0.05, 0.1) is 7.11 Å². The monoisotopic (exact) mass is 326 g/mol. The molecular formula is C21H30N2O. The lowest BCUT2D eigenvalue weighted by molar-refractivity contribution is 0.378. The highest BCUT2D eigenvalue weighted by Gasteiger charge is 2.25. The largest absolute Gasteiger partial charge is 0.497 e. The summed E-state index contributed by atoms with van der Waals surface area (Å²) in [5.41, 5.74) is 5.51. The normalized spacial score (nSPS) is 18.2. The Hall–Kier alpha value is -1.74. The van der Waals surface area contributed by atoms with E-state index in [0.717, 1.165) is 18.7 Å². The summed E-state index contributed by atoms with van der Waals surface area (Å²) in [6.07, 6.45) is 7.07. The minimum Gasteiger partial charge on any atom is -0.497 e. The molecule has 0 spiro atoms. The van der Waals surface area contributed by atoms with Gasteiger partial charge < -0.3 is 15.0 Å². The first-order valence-electron chi connectivity index (χ1n) is 9.13. The Morgan fingerprint density at radius 2 is 2.21 bits per heavy atom. The van der Waals surface area contributed by atoms with Crippen LogP contribution in [0.4, 0.5) is 0 Å². The molecule has 3 rings (SSSR count). The Morgan fingerprint density at radius 3 is 2.96 bits per heavy atom. The summed E-state index contributed by atoms with van der Waals surface area (Å²) in [5.74, 6) is 1.65. The number of aromatic nitrogens is 1. The fourth-order valence-electron chi connectivity index (χ4n) is 3.79. The van der Waals surface area contributed by atoms with E-state index in [1.54, 1.807) is 7.11 Å². The molecule has 1 aromatic carbocycles. The molecule has 0 amide bonds. The van der Waals surface area contributed by atoms with E-state index in [2.05, 4.69) is 49.3 Å². The maximum atomic E-state index is 5.40. The van der Waals surface area contributed by atoms with Gasteiger partial charge in [-0.2, -0.15) is 0 Å². The number of benzene rings is 1. The van der Waals surface area contributed by atoms with E-state index in [0.29, 0.717) is 12.0 Å². The summed E-state index contributed by atoms with van der Waals surface area (Å²) in [5, 5.41) is 5.04. The maximum absolute atomic E-state index is 5.40. The minimum absolute atomic E-state index is 0.439. The third-order valence-electron chi connectivity index (χ3n) is 5.11. The minimum atomic E-state index is 0.439. The van der Waals surface area contributed by atoms with Crippen LogP contribution in [0.2, 0.25) is 0 Å². The SMILES string of the molecule is COc1ccc2[nH]c3c(c2c1)CCN[C@@H]3C[C@@H](C)CCC=C(C)C. The van der Waals surface area contributed by atoms with E-state index >= 15 is 0 Å². The van der Waals surface area contributed by atoms with Crippen LogP contribution in [0.15, 0.2) is 29.8 Å². The quantitative estimate of drug-likeness (QED) is 0.722. The van der Waals surface area contributed by atoms with Crippen LogP contribution in [0.3, 0.4) is 0 Å². The second-order valence-corrected chi connectivity index (χ2v) is 7.39. The number of nitrogens with one attached hydrogen (secondary N) is 2. The topological polar surface area (TPSA) is 37.0 Å². The van der Waals surface area contributed by atoms with Gasteiger partial charge in [-0.15, -0.1) is 0 Å². The molecular weight excluding hydrogens is 296 g/mol. The predicted octanol–water partition coefficient (Wildman–Crippen LogP) is 5.14. The molecule has 1 aromatic heterocycles. The molecule has 0 saturated heterocycles. The first-order valence-corrected chi connectivity index (χ1v) is 9.13. The van der Waals surface area contributed by atoms with Gasteiger partial charge in [-0.05, 0) is 75.8 Å². The van der Waals surface area contributed by atoms with Crippen molar-refractivity contribution in [2.24, 2.45) is 5.92 Å². The molecule has 0 saturated carbocycles. The van der Waals surface area contributed by atoms with Crippen LogP contribution in [0.1, 0.15) is 57.3 Å². The number of ether oxygens (including phenoxy) is 1. The number of aromatic amines is 1. The van der Waals surface area contributed by atoms with Crippen molar-refractivity contribution in [3.63, 3.8) is 0 Å². The van der Waals surface area contributed by atoms with Crippen molar-refractivity contribution in [1.29, 1.82) is 0 Å². The molecule has 0 fully saturated rings. The molecule has 24 heavy (non-hydrogen) atoms. The second kappa shape index (κ2) is 7.43. The Kier molecular flexibility index (Phi) is 5.30. The van der Waals surface area contributed by atoms with E-state index in [-0.39, 0.29) is 0 Å². The zero-order valence-corrected chi connectivity index (χ0v) is 15.4. The molecule has 2 aromatic rings. The highest BCUT2D eigenvalue weighted by molar-refractivity contribution is 5.86. The van der Waals surface area contributed by atoms with Crippen LogP contribution in [0.25, 0.3) is 10.9 Å².